The minimum atomic E-state index is -3.45. The number of nitrogens with zero attached hydrogens (tertiary/aromatic N) is 1. The Bertz CT molecular complexity index is 412. The maximum atomic E-state index is 11.2. The minimum absolute atomic E-state index is 0.212. The molecule has 0 heterocycles. The molecule has 1 amide bonds. The number of aliphatic imine (C=N–C) groups is 1. The van der Waals surface area contributed by atoms with E-state index < -0.39 is 22.3 Å². The Morgan fingerprint density at radius 3 is 2.65 bits per heavy atom. The molecule has 1 rings (SSSR count). The van der Waals surface area contributed by atoms with Gasteiger partial charge >= 0.3 is 6.09 Å². The molecule has 1 fully saturated rings. The molecule has 0 N–H and O–H groups in total. The summed E-state index contributed by atoms with van der Waals surface area (Å²) in [6.07, 6.45) is 1.24. The van der Waals surface area contributed by atoms with Crippen molar-refractivity contribution >= 4 is 21.9 Å². The van der Waals surface area contributed by atoms with E-state index in [1.807, 2.05) is 0 Å². The van der Waals surface area contributed by atoms with E-state index in [4.69, 9.17) is 8.92 Å². The zero-order valence-corrected chi connectivity index (χ0v) is 11.0. The van der Waals surface area contributed by atoms with Crippen LogP contribution in [0.15, 0.2) is 4.99 Å². The van der Waals surface area contributed by atoms with Gasteiger partial charge in [0.05, 0.1) is 18.5 Å². The van der Waals surface area contributed by atoms with Crippen LogP contribution < -0.4 is 0 Å². The zero-order chi connectivity index (χ0) is 13.1. The number of amides is 1. The van der Waals surface area contributed by atoms with Gasteiger partial charge in [0.15, 0.2) is 0 Å². The van der Waals surface area contributed by atoms with Gasteiger partial charge in [0.2, 0.25) is 0 Å². The Balaban J connectivity index is 2.50. The second-order valence-electron chi connectivity index (χ2n) is 4.28. The SMILES string of the molecule is CC(C)OC(=O)N=C1CC[C@H](OS(C)(=O)=O)C1. The van der Waals surface area contributed by atoms with Gasteiger partial charge in [0.1, 0.15) is 0 Å². The lowest BCUT2D eigenvalue weighted by Crippen LogP contribution is -2.14. The topological polar surface area (TPSA) is 82.0 Å². The summed E-state index contributed by atoms with van der Waals surface area (Å²) in [6.45, 7) is 3.48. The summed E-state index contributed by atoms with van der Waals surface area (Å²) >= 11 is 0. The molecule has 1 saturated carbocycles. The molecule has 0 spiro atoms. The third kappa shape index (κ3) is 5.78. The van der Waals surface area contributed by atoms with Crippen LogP contribution >= 0.6 is 0 Å². The van der Waals surface area contributed by atoms with Gasteiger partial charge in [-0.1, -0.05) is 0 Å². The van der Waals surface area contributed by atoms with Crippen molar-refractivity contribution in [1.82, 2.24) is 0 Å². The maximum Gasteiger partial charge on any atom is 0.433 e. The number of rotatable bonds is 3. The van der Waals surface area contributed by atoms with Crippen LogP contribution in [0.4, 0.5) is 4.79 Å². The molecular formula is C10H17NO5S. The van der Waals surface area contributed by atoms with Gasteiger partial charge in [0.25, 0.3) is 10.1 Å². The lowest BCUT2D eigenvalue weighted by molar-refractivity contribution is 0.126. The normalized spacial score (nSPS) is 23.3. The molecule has 1 aliphatic carbocycles. The Labute approximate surface area is 101 Å². The summed E-state index contributed by atoms with van der Waals surface area (Å²) in [6, 6.07) is 0. The Hall–Kier alpha value is -0.950. The van der Waals surface area contributed by atoms with E-state index in [-0.39, 0.29) is 6.10 Å². The summed E-state index contributed by atoms with van der Waals surface area (Å²) in [5.74, 6) is 0. The lowest BCUT2D eigenvalue weighted by atomic mass is 10.3. The second-order valence-corrected chi connectivity index (χ2v) is 5.88. The standard InChI is InChI=1S/C10H17NO5S/c1-7(2)15-10(12)11-8-4-5-9(6-8)16-17(3,13)14/h7,9H,4-6H2,1-3H3/t9-/m0/s1. The van der Waals surface area contributed by atoms with E-state index in [1.165, 1.54) is 0 Å². The van der Waals surface area contributed by atoms with Crippen LogP contribution in [0.1, 0.15) is 33.1 Å². The lowest BCUT2D eigenvalue weighted by Gasteiger charge is -2.07. The van der Waals surface area contributed by atoms with E-state index >= 15 is 0 Å². The molecule has 1 aliphatic rings. The van der Waals surface area contributed by atoms with Crippen LogP contribution in [-0.4, -0.2) is 38.7 Å². The first-order chi connectivity index (χ1) is 7.76. The number of hydrogen-bond acceptors (Lipinski definition) is 5. The van der Waals surface area contributed by atoms with E-state index in [0.29, 0.717) is 25.0 Å². The van der Waals surface area contributed by atoms with Crippen molar-refractivity contribution in [2.24, 2.45) is 4.99 Å². The van der Waals surface area contributed by atoms with Crippen molar-refractivity contribution in [2.75, 3.05) is 6.26 Å². The monoisotopic (exact) mass is 263 g/mol. The fourth-order valence-corrected chi connectivity index (χ4v) is 2.24. The van der Waals surface area contributed by atoms with Crippen LogP contribution in [0.3, 0.4) is 0 Å². The Morgan fingerprint density at radius 2 is 2.12 bits per heavy atom. The first-order valence-corrected chi connectivity index (χ1v) is 7.23. The summed E-state index contributed by atoms with van der Waals surface area (Å²) in [7, 11) is -3.45. The number of carbonyl (C=O) groups excluding carboxylic acids is 1. The van der Waals surface area contributed by atoms with Gasteiger partial charge in [-0.2, -0.15) is 13.4 Å². The third-order valence-electron chi connectivity index (χ3n) is 2.11. The largest absolute Gasteiger partial charge is 0.445 e. The highest BCUT2D eigenvalue weighted by Gasteiger charge is 2.25. The second kappa shape index (κ2) is 5.59. The molecule has 0 aromatic carbocycles. The van der Waals surface area contributed by atoms with Crippen molar-refractivity contribution < 1.29 is 22.1 Å². The van der Waals surface area contributed by atoms with E-state index in [1.54, 1.807) is 13.8 Å². The van der Waals surface area contributed by atoms with Gasteiger partial charge in [-0.15, -0.1) is 0 Å². The van der Waals surface area contributed by atoms with Crippen molar-refractivity contribution in [1.29, 1.82) is 0 Å². The van der Waals surface area contributed by atoms with Crippen LogP contribution in [0, 0.1) is 0 Å². The molecule has 7 heteroatoms. The highest BCUT2D eigenvalue weighted by Crippen LogP contribution is 2.21. The van der Waals surface area contributed by atoms with Crippen molar-refractivity contribution in [3.63, 3.8) is 0 Å². The fourth-order valence-electron chi connectivity index (χ4n) is 1.58. The van der Waals surface area contributed by atoms with Crippen LogP contribution in [0.5, 0.6) is 0 Å². The molecule has 0 unspecified atom stereocenters. The molecule has 98 valence electrons. The highest BCUT2D eigenvalue weighted by atomic mass is 32.2. The molecule has 0 aliphatic heterocycles. The molecule has 0 bridgehead atoms. The van der Waals surface area contributed by atoms with Gasteiger partial charge < -0.3 is 4.74 Å². The Kier molecular flexibility index (Phi) is 4.64. The molecular weight excluding hydrogens is 246 g/mol. The van der Waals surface area contributed by atoms with E-state index in [0.717, 1.165) is 6.26 Å². The van der Waals surface area contributed by atoms with Crippen LogP contribution in [-0.2, 0) is 19.0 Å². The van der Waals surface area contributed by atoms with Crippen LogP contribution in [0.2, 0.25) is 0 Å². The van der Waals surface area contributed by atoms with E-state index in [2.05, 4.69) is 4.99 Å². The van der Waals surface area contributed by atoms with Gasteiger partial charge in [-0.25, -0.2) is 4.79 Å². The summed E-state index contributed by atoms with van der Waals surface area (Å²) in [5, 5.41) is 0. The third-order valence-corrected chi connectivity index (χ3v) is 2.74. The molecule has 0 radical (unpaired) electrons. The van der Waals surface area contributed by atoms with Crippen LogP contribution in [0.25, 0.3) is 0 Å². The predicted octanol–water partition coefficient (Wildman–Crippen LogP) is 1.50. The van der Waals surface area contributed by atoms with Gasteiger partial charge in [-0.05, 0) is 26.7 Å². The van der Waals surface area contributed by atoms with Crippen molar-refractivity contribution in [2.45, 2.75) is 45.3 Å². The Morgan fingerprint density at radius 1 is 1.47 bits per heavy atom. The molecule has 1 atom stereocenters. The highest BCUT2D eigenvalue weighted by molar-refractivity contribution is 7.86. The average molecular weight is 263 g/mol. The smallest absolute Gasteiger partial charge is 0.433 e. The number of ether oxygens (including phenoxy) is 1. The molecule has 0 aromatic heterocycles. The molecule has 0 aromatic rings. The molecule has 17 heavy (non-hydrogen) atoms. The molecule has 6 nitrogen and oxygen atoms in total. The van der Waals surface area contributed by atoms with Crippen molar-refractivity contribution in [3.8, 4) is 0 Å². The first-order valence-electron chi connectivity index (χ1n) is 5.41. The minimum Gasteiger partial charge on any atom is -0.445 e. The zero-order valence-electron chi connectivity index (χ0n) is 10.2. The van der Waals surface area contributed by atoms with Gasteiger partial charge in [0, 0.05) is 12.1 Å². The fraction of sp³-hybridized carbons (Fsp3) is 0.800. The van der Waals surface area contributed by atoms with Crippen molar-refractivity contribution in [3.05, 3.63) is 0 Å². The number of hydrogen-bond donors (Lipinski definition) is 0. The summed E-state index contributed by atoms with van der Waals surface area (Å²) in [4.78, 5) is 15.0. The quantitative estimate of drug-likeness (QED) is 0.721. The summed E-state index contributed by atoms with van der Waals surface area (Å²) < 4.78 is 31.5. The summed E-state index contributed by atoms with van der Waals surface area (Å²) in [5.41, 5.74) is 0.629. The molecule has 0 saturated heterocycles. The van der Waals surface area contributed by atoms with Gasteiger partial charge in [-0.3, -0.25) is 4.18 Å². The van der Waals surface area contributed by atoms with E-state index in [9.17, 15) is 13.2 Å². The predicted molar refractivity (Wildman–Crippen MR) is 62.6 cm³/mol. The average Bonchev–Trinajstić information content (AvgIpc) is 2.46. The maximum absolute atomic E-state index is 11.2. The first kappa shape index (κ1) is 14.1. The number of carbonyl (C=O) groups is 1.